The summed E-state index contributed by atoms with van der Waals surface area (Å²) in [5.41, 5.74) is 0. The summed E-state index contributed by atoms with van der Waals surface area (Å²) in [6.07, 6.45) is 3.61. The van der Waals surface area contributed by atoms with Crippen molar-refractivity contribution in [1.29, 1.82) is 0 Å². The minimum atomic E-state index is -3.25. The van der Waals surface area contributed by atoms with Gasteiger partial charge in [-0.15, -0.1) is 0 Å². The van der Waals surface area contributed by atoms with E-state index in [-0.39, 0.29) is 17.7 Å². The molecule has 0 aromatic carbocycles. The smallest absolute Gasteiger partial charge is 0.306 e. The molecule has 1 aliphatic rings. The Hall–Kier alpha value is -0.660. The molecule has 0 atom stereocenters. The lowest BCUT2D eigenvalue weighted by Crippen LogP contribution is -2.39. The van der Waals surface area contributed by atoms with E-state index in [0.29, 0.717) is 38.7 Å². The van der Waals surface area contributed by atoms with E-state index in [1.54, 1.807) is 7.11 Å². The van der Waals surface area contributed by atoms with Crippen LogP contribution in [0.3, 0.4) is 0 Å². The van der Waals surface area contributed by atoms with Gasteiger partial charge in [0.05, 0.1) is 11.7 Å². The van der Waals surface area contributed by atoms with Crippen molar-refractivity contribution in [3.8, 4) is 0 Å². The van der Waals surface area contributed by atoms with Gasteiger partial charge >= 0.3 is 5.97 Å². The molecule has 0 saturated heterocycles. The molecule has 0 aromatic rings. The number of unbranched alkanes of at least 4 members (excludes halogenated alkanes) is 1. The molecule has 1 saturated carbocycles. The van der Waals surface area contributed by atoms with Crippen molar-refractivity contribution in [1.82, 2.24) is 4.72 Å². The molecule has 1 rings (SSSR count). The Balaban J connectivity index is 2.29. The Bertz CT molecular complexity index is 374. The summed E-state index contributed by atoms with van der Waals surface area (Å²) in [7, 11) is -1.66. The summed E-state index contributed by atoms with van der Waals surface area (Å²) in [5.74, 6) is -0.988. The molecule has 0 bridgehead atoms. The van der Waals surface area contributed by atoms with Crippen molar-refractivity contribution >= 4 is 16.0 Å². The van der Waals surface area contributed by atoms with Gasteiger partial charge in [-0.1, -0.05) is 0 Å². The van der Waals surface area contributed by atoms with E-state index in [9.17, 15) is 13.2 Å². The third kappa shape index (κ3) is 6.35. The lowest BCUT2D eigenvalue weighted by Gasteiger charge is -2.26. The number of carbonyl (C=O) groups is 1. The molecule has 0 unspecified atom stereocenters. The summed E-state index contributed by atoms with van der Waals surface area (Å²) in [5, 5.41) is 8.87. The highest BCUT2D eigenvalue weighted by molar-refractivity contribution is 7.89. The summed E-state index contributed by atoms with van der Waals surface area (Å²) in [6, 6.07) is -0.108. The second-order valence-corrected chi connectivity index (χ2v) is 6.90. The van der Waals surface area contributed by atoms with E-state index in [2.05, 4.69) is 4.72 Å². The first-order valence-corrected chi connectivity index (χ1v) is 8.31. The molecule has 0 aromatic heterocycles. The predicted octanol–water partition coefficient (Wildman–Crippen LogP) is 0.976. The van der Waals surface area contributed by atoms with Gasteiger partial charge in [0, 0.05) is 19.8 Å². The Kier molecular flexibility index (Phi) is 6.74. The molecule has 0 aliphatic heterocycles. The molecule has 1 aliphatic carbocycles. The van der Waals surface area contributed by atoms with Crippen LogP contribution in [0.4, 0.5) is 0 Å². The minimum Gasteiger partial charge on any atom is -0.481 e. The molecule has 0 heterocycles. The zero-order valence-corrected chi connectivity index (χ0v) is 12.1. The fourth-order valence-corrected chi connectivity index (χ4v) is 3.76. The van der Waals surface area contributed by atoms with Crippen LogP contribution in [0, 0.1) is 5.92 Å². The Morgan fingerprint density at radius 3 is 2.42 bits per heavy atom. The van der Waals surface area contributed by atoms with Crippen molar-refractivity contribution in [2.24, 2.45) is 5.92 Å². The van der Waals surface area contributed by atoms with Gasteiger partial charge in [0.1, 0.15) is 0 Å². The molecule has 0 radical (unpaired) electrons. The maximum Gasteiger partial charge on any atom is 0.306 e. The molecule has 0 spiro atoms. The number of methoxy groups -OCH3 is 1. The fraction of sp³-hybridized carbons (Fsp3) is 0.917. The molecule has 19 heavy (non-hydrogen) atoms. The van der Waals surface area contributed by atoms with Crippen LogP contribution >= 0.6 is 0 Å². The zero-order chi connectivity index (χ0) is 14.3. The van der Waals surface area contributed by atoms with E-state index in [4.69, 9.17) is 9.84 Å². The first kappa shape index (κ1) is 16.4. The van der Waals surface area contributed by atoms with Crippen molar-refractivity contribution in [2.75, 3.05) is 19.5 Å². The summed E-state index contributed by atoms with van der Waals surface area (Å²) in [6.45, 7) is 0.569. The van der Waals surface area contributed by atoms with Gasteiger partial charge in [0.2, 0.25) is 10.0 Å². The van der Waals surface area contributed by atoms with Crippen molar-refractivity contribution < 1.29 is 23.1 Å². The molecule has 1 fully saturated rings. The van der Waals surface area contributed by atoms with Crippen LogP contribution < -0.4 is 4.72 Å². The summed E-state index contributed by atoms with van der Waals surface area (Å²) in [4.78, 5) is 10.8. The molecule has 2 N–H and O–H groups in total. The van der Waals surface area contributed by atoms with Gasteiger partial charge in [-0.3, -0.25) is 4.79 Å². The number of carboxylic acids is 1. The lowest BCUT2D eigenvalue weighted by atomic mass is 9.87. The highest BCUT2D eigenvalue weighted by Gasteiger charge is 2.27. The molecule has 112 valence electrons. The molecular formula is C12H23NO5S. The summed E-state index contributed by atoms with van der Waals surface area (Å²) < 4.78 is 31.2. The van der Waals surface area contributed by atoms with Gasteiger partial charge in [-0.05, 0) is 38.5 Å². The maximum atomic E-state index is 11.8. The van der Waals surface area contributed by atoms with E-state index in [1.807, 2.05) is 0 Å². The average molecular weight is 293 g/mol. The SMILES string of the molecule is COCCCCS(=O)(=O)NC1CCC(C(=O)O)CC1. The number of hydrogen-bond acceptors (Lipinski definition) is 4. The number of aliphatic carboxylic acids is 1. The summed E-state index contributed by atoms with van der Waals surface area (Å²) >= 11 is 0. The van der Waals surface area contributed by atoms with Crippen LogP contribution in [0.25, 0.3) is 0 Å². The Morgan fingerprint density at radius 2 is 1.89 bits per heavy atom. The van der Waals surface area contributed by atoms with Gasteiger partial charge in [-0.2, -0.15) is 0 Å². The van der Waals surface area contributed by atoms with Gasteiger partial charge < -0.3 is 9.84 Å². The number of nitrogens with one attached hydrogen (secondary N) is 1. The van der Waals surface area contributed by atoms with Gasteiger partial charge in [-0.25, -0.2) is 13.1 Å². The zero-order valence-electron chi connectivity index (χ0n) is 11.3. The van der Waals surface area contributed by atoms with E-state index in [1.165, 1.54) is 0 Å². The number of hydrogen-bond donors (Lipinski definition) is 2. The Morgan fingerprint density at radius 1 is 1.26 bits per heavy atom. The first-order chi connectivity index (χ1) is 8.94. The normalized spacial score (nSPS) is 24.3. The topological polar surface area (TPSA) is 92.7 Å². The number of ether oxygens (including phenoxy) is 1. The standard InChI is InChI=1S/C12H23NO5S/c1-18-8-2-3-9-19(16,17)13-11-6-4-10(5-7-11)12(14)15/h10-11,13H,2-9H2,1H3,(H,14,15). The van der Waals surface area contributed by atoms with Crippen LogP contribution in [0.5, 0.6) is 0 Å². The maximum absolute atomic E-state index is 11.8. The number of rotatable bonds is 8. The molecule has 0 amide bonds. The van der Waals surface area contributed by atoms with Crippen molar-refractivity contribution in [2.45, 2.75) is 44.6 Å². The second-order valence-electron chi connectivity index (χ2n) is 5.02. The predicted molar refractivity (Wildman–Crippen MR) is 71.4 cm³/mol. The molecule has 6 nitrogen and oxygen atoms in total. The number of carboxylic acid groups (broad SMARTS) is 1. The van der Waals surface area contributed by atoms with Gasteiger partial charge in [0.25, 0.3) is 0 Å². The largest absolute Gasteiger partial charge is 0.481 e. The fourth-order valence-electron chi connectivity index (χ4n) is 2.31. The van der Waals surface area contributed by atoms with Crippen molar-refractivity contribution in [3.63, 3.8) is 0 Å². The third-order valence-electron chi connectivity index (χ3n) is 3.43. The third-order valence-corrected chi connectivity index (χ3v) is 4.95. The molecular weight excluding hydrogens is 270 g/mol. The van der Waals surface area contributed by atoms with E-state index in [0.717, 1.165) is 6.42 Å². The second kappa shape index (κ2) is 7.81. The lowest BCUT2D eigenvalue weighted by molar-refractivity contribution is -0.142. The van der Waals surface area contributed by atoms with Crippen molar-refractivity contribution in [3.05, 3.63) is 0 Å². The Labute approximate surface area is 114 Å². The quantitative estimate of drug-likeness (QED) is 0.651. The van der Waals surface area contributed by atoms with Gasteiger partial charge in [0.15, 0.2) is 0 Å². The highest BCUT2D eigenvalue weighted by Crippen LogP contribution is 2.24. The van der Waals surface area contributed by atoms with Crippen LogP contribution in [0.2, 0.25) is 0 Å². The molecule has 7 heteroatoms. The highest BCUT2D eigenvalue weighted by atomic mass is 32.2. The van der Waals surface area contributed by atoms with Crippen LogP contribution in [-0.4, -0.2) is 45.0 Å². The number of sulfonamides is 1. The van der Waals surface area contributed by atoms with Crippen LogP contribution in [0.15, 0.2) is 0 Å². The first-order valence-electron chi connectivity index (χ1n) is 6.66. The monoisotopic (exact) mass is 293 g/mol. The van der Waals surface area contributed by atoms with E-state index >= 15 is 0 Å². The van der Waals surface area contributed by atoms with E-state index < -0.39 is 16.0 Å². The minimum absolute atomic E-state index is 0.106. The average Bonchev–Trinajstić information content (AvgIpc) is 2.35. The van der Waals surface area contributed by atoms with Crippen LogP contribution in [-0.2, 0) is 19.6 Å². The van der Waals surface area contributed by atoms with Crippen LogP contribution in [0.1, 0.15) is 38.5 Å².